The van der Waals surface area contributed by atoms with Crippen molar-refractivity contribution in [3.63, 3.8) is 0 Å². The van der Waals surface area contributed by atoms with E-state index in [-0.39, 0.29) is 0 Å². The average Bonchev–Trinajstić information content (AvgIpc) is 3.10. The first-order chi connectivity index (χ1) is 13.3. The summed E-state index contributed by atoms with van der Waals surface area (Å²) < 4.78 is 3.99. The highest BCUT2D eigenvalue weighted by molar-refractivity contribution is 5.84. The van der Waals surface area contributed by atoms with E-state index in [1.807, 2.05) is 41.3 Å². The van der Waals surface area contributed by atoms with Crippen LogP contribution in [0, 0.1) is 5.92 Å². The van der Waals surface area contributed by atoms with Crippen molar-refractivity contribution in [3.8, 4) is 16.9 Å². The van der Waals surface area contributed by atoms with Crippen LogP contribution in [0.15, 0.2) is 54.9 Å². The molecule has 1 N–H and O–H groups in total. The smallest absolute Gasteiger partial charge is 0.113 e. The number of nitrogens with one attached hydrogen (secondary N) is 1. The van der Waals surface area contributed by atoms with E-state index >= 15 is 0 Å². The zero-order valence-corrected chi connectivity index (χ0v) is 14.6. The van der Waals surface area contributed by atoms with Gasteiger partial charge in [-0.05, 0) is 55.2 Å². The molecule has 1 aliphatic rings. The number of hydrogen-bond acceptors (Lipinski definition) is 4. The van der Waals surface area contributed by atoms with Crippen molar-refractivity contribution in [2.24, 2.45) is 5.92 Å². The van der Waals surface area contributed by atoms with Gasteiger partial charge in [0, 0.05) is 23.7 Å². The van der Waals surface area contributed by atoms with Gasteiger partial charge in [0.1, 0.15) is 5.52 Å². The van der Waals surface area contributed by atoms with Gasteiger partial charge in [0.2, 0.25) is 0 Å². The van der Waals surface area contributed by atoms with Gasteiger partial charge in [-0.2, -0.15) is 10.2 Å². The normalized spacial score (nSPS) is 14.4. The number of aromatic nitrogens is 7. The number of rotatable bonds is 4. The molecule has 0 spiro atoms. The molecule has 7 heteroatoms. The van der Waals surface area contributed by atoms with Gasteiger partial charge in [-0.25, -0.2) is 4.68 Å². The van der Waals surface area contributed by atoms with Gasteiger partial charge in [-0.15, -0.1) is 5.10 Å². The molecule has 0 unspecified atom stereocenters. The first-order valence-corrected chi connectivity index (χ1v) is 9.16. The minimum atomic E-state index is 0.778. The summed E-state index contributed by atoms with van der Waals surface area (Å²) in [7, 11) is 0. The number of hydrogen-bond donors (Lipinski definition) is 1. The quantitative estimate of drug-likeness (QED) is 0.535. The van der Waals surface area contributed by atoms with Crippen molar-refractivity contribution in [3.05, 3.63) is 54.9 Å². The lowest BCUT2D eigenvalue weighted by atomic mass is 10.1. The molecule has 5 aromatic rings. The first-order valence-electron chi connectivity index (χ1n) is 9.16. The highest BCUT2D eigenvalue weighted by Gasteiger charge is 2.23. The van der Waals surface area contributed by atoms with Crippen LogP contribution in [-0.2, 0) is 6.54 Å². The van der Waals surface area contributed by atoms with E-state index in [9.17, 15) is 0 Å². The third kappa shape index (κ3) is 2.43. The Morgan fingerprint density at radius 2 is 2.04 bits per heavy atom. The Morgan fingerprint density at radius 1 is 1.07 bits per heavy atom. The van der Waals surface area contributed by atoms with Gasteiger partial charge < -0.3 is 0 Å². The van der Waals surface area contributed by atoms with Crippen LogP contribution in [0.5, 0.6) is 0 Å². The fourth-order valence-corrected chi connectivity index (χ4v) is 3.59. The molecule has 1 aliphatic carbocycles. The van der Waals surface area contributed by atoms with Gasteiger partial charge >= 0.3 is 0 Å². The summed E-state index contributed by atoms with van der Waals surface area (Å²) >= 11 is 0. The van der Waals surface area contributed by atoms with Crippen LogP contribution in [0.1, 0.15) is 12.8 Å². The Kier molecular flexibility index (Phi) is 2.99. The van der Waals surface area contributed by atoms with Gasteiger partial charge in [0.25, 0.3) is 0 Å². The molecule has 2 aromatic carbocycles. The van der Waals surface area contributed by atoms with Crippen LogP contribution in [0.2, 0.25) is 0 Å². The lowest BCUT2D eigenvalue weighted by Crippen LogP contribution is -2.03. The van der Waals surface area contributed by atoms with Crippen LogP contribution in [0.25, 0.3) is 38.9 Å². The largest absolute Gasteiger partial charge is 0.278 e. The molecule has 1 saturated carbocycles. The molecule has 27 heavy (non-hydrogen) atoms. The maximum absolute atomic E-state index is 4.52. The SMILES string of the molecule is c1cc(-c2ccc3nnn(-c4ccc5cn[nH]c5c4)c3c2)n(CC2CC2)n1. The maximum Gasteiger partial charge on any atom is 0.113 e. The number of benzene rings is 2. The fourth-order valence-electron chi connectivity index (χ4n) is 3.59. The first kappa shape index (κ1) is 14.7. The van der Waals surface area contributed by atoms with Crippen LogP contribution in [0.3, 0.4) is 0 Å². The highest BCUT2D eigenvalue weighted by atomic mass is 15.4. The monoisotopic (exact) mass is 355 g/mol. The molecule has 1 fully saturated rings. The zero-order valence-electron chi connectivity index (χ0n) is 14.6. The summed E-state index contributed by atoms with van der Waals surface area (Å²) in [5, 5.41) is 21.4. The summed E-state index contributed by atoms with van der Waals surface area (Å²) in [4.78, 5) is 0. The topological polar surface area (TPSA) is 77.2 Å². The summed E-state index contributed by atoms with van der Waals surface area (Å²) in [6.45, 7) is 0.994. The zero-order chi connectivity index (χ0) is 17.8. The highest BCUT2D eigenvalue weighted by Crippen LogP contribution is 2.32. The molecule has 0 radical (unpaired) electrons. The molecule has 0 bridgehead atoms. The summed E-state index contributed by atoms with van der Waals surface area (Å²) in [5.74, 6) is 0.778. The van der Waals surface area contributed by atoms with Crippen molar-refractivity contribution in [2.45, 2.75) is 19.4 Å². The number of nitrogens with zero attached hydrogens (tertiary/aromatic N) is 6. The number of fused-ring (bicyclic) bond motifs is 2. The Hall–Kier alpha value is -3.48. The molecule has 3 aromatic heterocycles. The van der Waals surface area contributed by atoms with Crippen molar-refractivity contribution in [2.75, 3.05) is 0 Å². The van der Waals surface area contributed by atoms with Gasteiger partial charge in [0.05, 0.1) is 28.6 Å². The molecular formula is C20H17N7. The van der Waals surface area contributed by atoms with E-state index in [1.165, 1.54) is 12.8 Å². The number of H-pyrrole nitrogens is 1. The van der Waals surface area contributed by atoms with E-state index in [0.29, 0.717) is 0 Å². The van der Waals surface area contributed by atoms with Crippen molar-refractivity contribution >= 4 is 21.9 Å². The van der Waals surface area contributed by atoms with Gasteiger partial charge in [-0.3, -0.25) is 9.78 Å². The Balaban J connectivity index is 1.47. The third-order valence-corrected chi connectivity index (χ3v) is 5.26. The van der Waals surface area contributed by atoms with Crippen LogP contribution < -0.4 is 0 Å². The van der Waals surface area contributed by atoms with Crippen LogP contribution >= 0.6 is 0 Å². The fraction of sp³-hybridized carbons (Fsp3) is 0.200. The van der Waals surface area contributed by atoms with E-state index < -0.39 is 0 Å². The second-order valence-corrected chi connectivity index (χ2v) is 7.19. The van der Waals surface area contributed by atoms with E-state index in [0.717, 1.165) is 51.3 Å². The minimum Gasteiger partial charge on any atom is -0.278 e. The molecule has 7 nitrogen and oxygen atoms in total. The Labute approximate surface area is 154 Å². The molecule has 0 atom stereocenters. The average molecular weight is 355 g/mol. The molecule has 6 rings (SSSR count). The predicted molar refractivity (Wildman–Crippen MR) is 102 cm³/mol. The van der Waals surface area contributed by atoms with Crippen molar-refractivity contribution < 1.29 is 0 Å². The Morgan fingerprint density at radius 3 is 2.96 bits per heavy atom. The Bertz CT molecular complexity index is 1270. The summed E-state index contributed by atoms with van der Waals surface area (Å²) in [6.07, 6.45) is 6.32. The van der Waals surface area contributed by atoms with Crippen LogP contribution in [0.4, 0.5) is 0 Å². The molecule has 132 valence electrons. The van der Waals surface area contributed by atoms with Gasteiger partial charge in [-0.1, -0.05) is 11.3 Å². The minimum absolute atomic E-state index is 0.778. The standard InChI is InChI=1S/C20H17N7/c1-2-13(1)12-26-19(7-8-22-26)14-4-6-17-20(9-14)27(25-24-17)16-5-3-15-11-21-23-18(15)10-16/h3-11,13H,1-2,12H2,(H,21,23). The summed E-state index contributed by atoms with van der Waals surface area (Å²) in [6, 6.07) is 14.5. The molecule has 0 saturated heterocycles. The maximum atomic E-state index is 4.52. The second kappa shape index (κ2) is 5.51. The lowest BCUT2D eigenvalue weighted by Gasteiger charge is -2.08. The number of aromatic amines is 1. The molecule has 0 amide bonds. The molecule has 0 aliphatic heterocycles. The molecule has 3 heterocycles. The predicted octanol–water partition coefficient (Wildman–Crippen LogP) is 3.57. The lowest BCUT2D eigenvalue weighted by molar-refractivity contribution is 0.569. The van der Waals surface area contributed by atoms with E-state index in [2.05, 4.69) is 48.5 Å². The second-order valence-electron chi connectivity index (χ2n) is 7.19. The van der Waals surface area contributed by atoms with E-state index in [1.54, 1.807) is 0 Å². The van der Waals surface area contributed by atoms with Crippen molar-refractivity contribution in [1.82, 2.24) is 35.0 Å². The molecular weight excluding hydrogens is 338 g/mol. The van der Waals surface area contributed by atoms with Crippen molar-refractivity contribution in [1.29, 1.82) is 0 Å². The van der Waals surface area contributed by atoms with Crippen LogP contribution in [-0.4, -0.2) is 35.0 Å². The van der Waals surface area contributed by atoms with Gasteiger partial charge in [0.15, 0.2) is 0 Å². The summed E-state index contributed by atoms with van der Waals surface area (Å²) in [5.41, 5.74) is 6.06. The third-order valence-electron chi connectivity index (χ3n) is 5.26. The van der Waals surface area contributed by atoms with E-state index in [4.69, 9.17) is 0 Å².